The maximum atomic E-state index is 11.7. The lowest BCUT2D eigenvalue weighted by Gasteiger charge is -2.34. The molecule has 0 aromatic carbocycles. The molecular formula is C10H15NO5S. The molecular weight excluding hydrogens is 246 g/mol. The van der Waals surface area contributed by atoms with Crippen LogP contribution in [0.1, 0.15) is 12.8 Å². The van der Waals surface area contributed by atoms with Gasteiger partial charge in [-0.05, 0) is 0 Å². The second kappa shape index (κ2) is 5.31. The molecule has 1 amide bonds. The summed E-state index contributed by atoms with van der Waals surface area (Å²) in [5, 5.41) is 8.71. The van der Waals surface area contributed by atoms with Crippen LogP contribution < -0.4 is 0 Å². The van der Waals surface area contributed by atoms with E-state index in [0.29, 0.717) is 0 Å². The first-order valence-electron chi connectivity index (χ1n) is 5.18. The van der Waals surface area contributed by atoms with Crippen LogP contribution in [0.2, 0.25) is 0 Å². The van der Waals surface area contributed by atoms with Crippen molar-refractivity contribution in [1.82, 2.24) is 4.90 Å². The van der Waals surface area contributed by atoms with Gasteiger partial charge in [0, 0.05) is 13.0 Å². The van der Waals surface area contributed by atoms with Crippen molar-refractivity contribution >= 4 is 21.7 Å². The van der Waals surface area contributed by atoms with Gasteiger partial charge >= 0.3 is 5.97 Å². The molecule has 0 radical (unpaired) electrons. The molecule has 0 aromatic rings. The largest absolute Gasteiger partial charge is 0.481 e. The lowest BCUT2D eigenvalue weighted by atomic mass is 10.2. The van der Waals surface area contributed by atoms with E-state index < -0.39 is 21.8 Å². The Morgan fingerprint density at radius 3 is 2.65 bits per heavy atom. The molecule has 1 aliphatic rings. The van der Waals surface area contributed by atoms with Crippen LogP contribution in [0.3, 0.4) is 0 Å². The predicted molar refractivity (Wildman–Crippen MR) is 61.2 cm³/mol. The highest BCUT2D eigenvalue weighted by atomic mass is 32.2. The Morgan fingerprint density at radius 1 is 1.47 bits per heavy atom. The molecule has 0 saturated carbocycles. The number of hydrogen-bond donors (Lipinski definition) is 1. The minimum Gasteiger partial charge on any atom is -0.481 e. The normalized spacial score (nSPS) is 23.1. The fourth-order valence-electron chi connectivity index (χ4n) is 1.83. The molecule has 1 fully saturated rings. The number of carboxylic acids is 1. The molecule has 96 valence electrons. The summed E-state index contributed by atoms with van der Waals surface area (Å²) in [6.45, 7) is 3.49. The Bertz CT molecular complexity index is 428. The number of nitrogens with zero attached hydrogens (tertiary/aromatic N) is 1. The molecule has 1 rings (SSSR count). The van der Waals surface area contributed by atoms with Crippen molar-refractivity contribution in [3.8, 4) is 0 Å². The molecule has 7 heteroatoms. The van der Waals surface area contributed by atoms with E-state index in [1.807, 2.05) is 0 Å². The Labute approximate surface area is 99.8 Å². The first-order valence-corrected chi connectivity index (χ1v) is 7.00. The topological polar surface area (TPSA) is 91.8 Å². The number of amides is 1. The number of carbonyl (C=O) groups excluding carboxylic acids is 1. The van der Waals surface area contributed by atoms with Crippen LogP contribution in [-0.4, -0.2) is 54.4 Å². The van der Waals surface area contributed by atoms with E-state index in [2.05, 4.69) is 6.58 Å². The number of aliphatic carboxylic acids is 1. The van der Waals surface area contributed by atoms with Crippen molar-refractivity contribution in [1.29, 1.82) is 0 Å². The van der Waals surface area contributed by atoms with Gasteiger partial charge in [0.2, 0.25) is 5.91 Å². The standard InChI is InChI=1S/C10H15NO5S/c1-2-3-9(12)11-4-5-17(15,16)7-8(11)6-10(13)14/h2,8H,1,3-7H2,(H,13,14). The Balaban J connectivity index is 2.83. The third-order valence-electron chi connectivity index (χ3n) is 2.58. The molecule has 0 spiro atoms. The lowest BCUT2D eigenvalue weighted by Crippen LogP contribution is -2.51. The van der Waals surface area contributed by atoms with Crippen molar-refractivity contribution < 1.29 is 23.1 Å². The zero-order valence-electron chi connectivity index (χ0n) is 9.33. The highest BCUT2D eigenvalue weighted by Gasteiger charge is 2.34. The van der Waals surface area contributed by atoms with Crippen molar-refractivity contribution in [2.45, 2.75) is 18.9 Å². The summed E-state index contributed by atoms with van der Waals surface area (Å²) in [4.78, 5) is 23.6. The summed E-state index contributed by atoms with van der Waals surface area (Å²) in [5.41, 5.74) is 0. The highest BCUT2D eigenvalue weighted by molar-refractivity contribution is 7.91. The molecule has 1 unspecified atom stereocenters. The van der Waals surface area contributed by atoms with Crippen LogP contribution in [0.5, 0.6) is 0 Å². The molecule has 17 heavy (non-hydrogen) atoms. The number of sulfone groups is 1. The van der Waals surface area contributed by atoms with E-state index in [4.69, 9.17) is 5.11 Å². The highest BCUT2D eigenvalue weighted by Crippen LogP contribution is 2.16. The Kier molecular flexibility index (Phi) is 4.28. The Morgan fingerprint density at radius 2 is 2.12 bits per heavy atom. The van der Waals surface area contributed by atoms with E-state index in [9.17, 15) is 18.0 Å². The fraction of sp³-hybridized carbons (Fsp3) is 0.600. The smallest absolute Gasteiger partial charge is 0.305 e. The van der Waals surface area contributed by atoms with E-state index in [-0.39, 0.29) is 36.8 Å². The zero-order valence-corrected chi connectivity index (χ0v) is 10.1. The molecule has 1 atom stereocenters. The van der Waals surface area contributed by atoms with Crippen molar-refractivity contribution in [2.75, 3.05) is 18.1 Å². The van der Waals surface area contributed by atoms with E-state index in [0.717, 1.165) is 0 Å². The monoisotopic (exact) mass is 261 g/mol. The lowest BCUT2D eigenvalue weighted by molar-refractivity contribution is -0.140. The average Bonchev–Trinajstić information content (AvgIpc) is 2.15. The first-order chi connectivity index (χ1) is 7.85. The maximum absolute atomic E-state index is 11.7. The van der Waals surface area contributed by atoms with Gasteiger partial charge in [-0.3, -0.25) is 9.59 Å². The van der Waals surface area contributed by atoms with Gasteiger partial charge in [-0.2, -0.15) is 0 Å². The van der Waals surface area contributed by atoms with Gasteiger partial charge < -0.3 is 10.0 Å². The summed E-state index contributed by atoms with van der Waals surface area (Å²) in [6.07, 6.45) is 1.17. The summed E-state index contributed by atoms with van der Waals surface area (Å²) in [7, 11) is -3.24. The van der Waals surface area contributed by atoms with E-state index >= 15 is 0 Å². The Hall–Kier alpha value is -1.37. The molecule has 1 heterocycles. The van der Waals surface area contributed by atoms with Crippen molar-refractivity contribution in [3.63, 3.8) is 0 Å². The maximum Gasteiger partial charge on any atom is 0.305 e. The zero-order chi connectivity index (χ0) is 13.1. The van der Waals surface area contributed by atoms with Gasteiger partial charge in [-0.25, -0.2) is 8.42 Å². The van der Waals surface area contributed by atoms with Crippen molar-refractivity contribution in [2.24, 2.45) is 0 Å². The number of carbonyl (C=O) groups is 2. The SMILES string of the molecule is C=CCC(=O)N1CCS(=O)(=O)CC1CC(=O)O. The minimum atomic E-state index is -3.24. The summed E-state index contributed by atoms with van der Waals surface area (Å²) < 4.78 is 22.8. The van der Waals surface area contributed by atoms with Gasteiger partial charge in [0.1, 0.15) is 0 Å². The fourth-order valence-corrected chi connectivity index (χ4v) is 3.35. The molecule has 0 bridgehead atoms. The third-order valence-corrected chi connectivity index (χ3v) is 4.28. The molecule has 0 aliphatic carbocycles. The molecule has 1 saturated heterocycles. The number of rotatable bonds is 4. The van der Waals surface area contributed by atoms with Crippen LogP contribution in [0.4, 0.5) is 0 Å². The summed E-state index contributed by atoms with van der Waals surface area (Å²) in [6, 6.07) is -0.765. The molecule has 1 aliphatic heterocycles. The number of carboxylic acid groups (broad SMARTS) is 1. The van der Waals surface area contributed by atoms with Crippen LogP contribution in [0, 0.1) is 0 Å². The average molecular weight is 261 g/mol. The van der Waals surface area contributed by atoms with Gasteiger partial charge in [-0.1, -0.05) is 6.08 Å². The summed E-state index contributed by atoms with van der Waals surface area (Å²) >= 11 is 0. The third kappa shape index (κ3) is 3.85. The van der Waals surface area contributed by atoms with E-state index in [1.165, 1.54) is 11.0 Å². The van der Waals surface area contributed by atoms with Gasteiger partial charge in [0.15, 0.2) is 9.84 Å². The van der Waals surface area contributed by atoms with Crippen LogP contribution in [0.25, 0.3) is 0 Å². The molecule has 6 nitrogen and oxygen atoms in total. The summed E-state index contributed by atoms with van der Waals surface area (Å²) in [5.74, 6) is -1.77. The van der Waals surface area contributed by atoms with Crippen LogP contribution in [-0.2, 0) is 19.4 Å². The quantitative estimate of drug-likeness (QED) is 0.699. The predicted octanol–water partition coefficient (Wildman–Crippen LogP) is -0.337. The second-order valence-electron chi connectivity index (χ2n) is 3.95. The van der Waals surface area contributed by atoms with E-state index in [1.54, 1.807) is 0 Å². The number of hydrogen-bond acceptors (Lipinski definition) is 4. The molecule has 0 aromatic heterocycles. The van der Waals surface area contributed by atoms with Crippen LogP contribution in [0.15, 0.2) is 12.7 Å². The minimum absolute atomic E-state index is 0.0625. The van der Waals surface area contributed by atoms with Gasteiger partial charge in [-0.15, -0.1) is 6.58 Å². The first kappa shape index (κ1) is 13.7. The second-order valence-corrected chi connectivity index (χ2v) is 6.17. The van der Waals surface area contributed by atoms with Gasteiger partial charge in [0.05, 0.1) is 24.0 Å². The van der Waals surface area contributed by atoms with Crippen molar-refractivity contribution in [3.05, 3.63) is 12.7 Å². The molecule has 1 N–H and O–H groups in total. The van der Waals surface area contributed by atoms with Gasteiger partial charge in [0.25, 0.3) is 0 Å². The van der Waals surface area contributed by atoms with Crippen LogP contribution >= 0.6 is 0 Å².